The zero-order chi connectivity index (χ0) is 13.1. The molecule has 0 bridgehead atoms. The Hall–Kier alpha value is -1.07. The molecule has 2 heterocycles. The van der Waals surface area contributed by atoms with E-state index in [2.05, 4.69) is 10.3 Å². The predicted molar refractivity (Wildman–Crippen MR) is 70.3 cm³/mol. The van der Waals surface area contributed by atoms with Crippen molar-refractivity contribution in [1.29, 1.82) is 0 Å². The summed E-state index contributed by atoms with van der Waals surface area (Å²) in [6, 6.07) is -0.182. The van der Waals surface area contributed by atoms with Gasteiger partial charge in [0.2, 0.25) is 5.91 Å². The van der Waals surface area contributed by atoms with Gasteiger partial charge in [0.1, 0.15) is 11.0 Å². The van der Waals surface area contributed by atoms with E-state index in [9.17, 15) is 4.79 Å². The maximum absolute atomic E-state index is 12.1. The first-order valence-electron chi connectivity index (χ1n) is 6.28. The van der Waals surface area contributed by atoms with Gasteiger partial charge < -0.3 is 9.47 Å². The molecule has 6 heteroatoms. The first-order valence-corrected chi connectivity index (χ1v) is 6.65. The van der Waals surface area contributed by atoms with Crippen LogP contribution < -0.4 is 5.32 Å². The molecule has 1 fully saturated rings. The van der Waals surface area contributed by atoms with Gasteiger partial charge in [0.25, 0.3) is 0 Å². The number of carbonyl (C=O) groups excluding carboxylic acids is 1. The number of halogens is 1. The number of hydrogen-bond acceptors (Lipinski definition) is 3. The molecule has 1 aliphatic heterocycles. The van der Waals surface area contributed by atoms with E-state index in [0.717, 1.165) is 31.8 Å². The molecule has 18 heavy (non-hydrogen) atoms. The highest BCUT2D eigenvalue weighted by Gasteiger charge is 2.23. The molecule has 0 saturated carbocycles. The minimum absolute atomic E-state index is 0.174. The molecule has 5 nitrogen and oxygen atoms in total. The fraction of sp³-hybridized carbons (Fsp3) is 0.667. The highest BCUT2D eigenvalue weighted by atomic mass is 35.5. The summed E-state index contributed by atoms with van der Waals surface area (Å²) in [5, 5.41) is 3.80. The lowest BCUT2D eigenvalue weighted by Crippen LogP contribution is -2.43. The van der Waals surface area contributed by atoms with Crippen molar-refractivity contribution in [3.63, 3.8) is 0 Å². The molecule has 1 aromatic rings. The minimum Gasteiger partial charge on any atom is -0.341 e. The van der Waals surface area contributed by atoms with Crippen molar-refractivity contribution in [3.8, 4) is 0 Å². The second kappa shape index (κ2) is 5.71. The molecule has 1 aromatic heterocycles. The summed E-state index contributed by atoms with van der Waals surface area (Å²) in [5.74, 6) is 1.01. The van der Waals surface area contributed by atoms with Gasteiger partial charge in [-0.25, -0.2) is 4.98 Å². The Morgan fingerprint density at radius 2 is 2.22 bits per heavy atom. The number of nitrogens with zero attached hydrogens (tertiary/aromatic N) is 3. The van der Waals surface area contributed by atoms with Crippen molar-refractivity contribution in [3.05, 3.63) is 17.2 Å². The molecular formula is C12H19ClN4O. The van der Waals surface area contributed by atoms with Crippen LogP contribution in [0.5, 0.6) is 0 Å². The summed E-state index contributed by atoms with van der Waals surface area (Å²) in [7, 11) is 1.86. The molecule has 1 atom stereocenters. The standard InChI is InChI=1S/C12H19ClN4O/c1-9(12(18)17-5-3-4-6-17)14-8-11-15-7-10(13)16(11)2/h7,9,14H,3-6,8H2,1-2H3. The minimum atomic E-state index is -0.182. The van der Waals surface area contributed by atoms with Crippen LogP contribution in [0.3, 0.4) is 0 Å². The van der Waals surface area contributed by atoms with Crippen molar-refractivity contribution >= 4 is 17.5 Å². The van der Waals surface area contributed by atoms with E-state index in [1.165, 1.54) is 0 Å². The van der Waals surface area contributed by atoms with Crippen molar-refractivity contribution in [2.45, 2.75) is 32.4 Å². The normalized spacial score (nSPS) is 17.2. The summed E-state index contributed by atoms with van der Waals surface area (Å²) in [5.41, 5.74) is 0. The van der Waals surface area contributed by atoms with Crippen LogP contribution in [0.15, 0.2) is 6.20 Å². The van der Waals surface area contributed by atoms with Gasteiger partial charge >= 0.3 is 0 Å². The number of imidazole rings is 1. The number of carbonyl (C=O) groups is 1. The van der Waals surface area contributed by atoms with E-state index >= 15 is 0 Å². The third kappa shape index (κ3) is 2.84. The number of likely N-dealkylation sites (tertiary alicyclic amines) is 1. The van der Waals surface area contributed by atoms with Gasteiger partial charge in [0, 0.05) is 20.1 Å². The van der Waals surface area contributed by atoms with E-state index in [0.29, 0.717) is 11.7 Å². The summed E-state index contributed by atoms with van der Waals surface area (Å²) in [6.07, 6.45) is 3.85. The third-order valence-electron chi connectivity index (χ3n) is 3.38. The first-order chi connectivity index (χ1) is 8.59. The lowest BCUT2D eigenvalue weighted by molar-refractivity contribution is -0.132. The number of hydrogen-bond donors (Lipinski definition) is 1. The van der Waals surface area contributed by atoms with Crippen molar-refractivity contribution in [2.24, 2.45) is 7.05 Å². The Morgan fingerprint density at radius 3 is 2.78 bits per heavy atom. The molecule has 100 valence electrons. The maximum Gasteiger partial charge on any atom is 0.239 e. The summed E-state index contributed by atoms with van der Waals surface area (Å²) >= 11 is 5.91. The van der Waals surface area contributed by atoms with E-state index in [-0.39, 0.29) is 11.9 Å². The summed E-state index contributed by atoms with van der Waals surface area (Å²) < 4.78 is 1.81. The molecule has 1 N–H and O–H groups in total. The van der Waals surface area contributed by atoms with Crippen LogP contribution in [0.1, 0.15) is 25.6 Å². The highest BCUT2D eigenvalue weighted by molar-refractivity contribution is 6.29. The van der Waals surface area contributed by atoms with E-state index in [4.69, 9.17) is 11.6 Å². The molecule has 0 spiro atoms. The van der Waals surface area contributed by atoms with E-state index in [1.54, 1.807) is 6.20 Å². The molecule has 1 aliphatic rings. The lowest BCUT2D eigenvalue weighted by Gasteiger charge is -2.21. The Kier molecular flexibility index (Phi) is 4.24. The lowest BCUT2D eigenvalue weighted by atomic mass is 10.3. The van der Waals surface area contributed by atoms with Crippen molar-refractivity contribution in [1.82, 2.24) is 19.8 Å². The Morgan fingerprint density at radius 1 is 1.56 bits per heavy atom. The average molecular weight is 271 g/mol. The first kappa shape index (κ1) is 13.4. The topological polar surface area (TPSA) is 50.2 Å². The highest BCUT2D eigenvalue weighted by Crippen LogP contribution is 2.11. The van der Waals surface area contributed by atoms with Crippen molar-refractivity contribution in [2.75, 3.05) is 13.1 Å². The fourth-order valence-corrected chi connectivity index (χ4v) is 2.28. The third-order valence-corrected chi connectivity index (χ3v) is 3.73. The molecule has 0 radical (unpaired) electrons. The van der Waals surface area contributed by atoms with Gasteiger partial charge in [0.05, 0.1) is 18.8 Å². The Labute approximate surface area is 112 Å². The van der Waals surface area contributed by atoms with Crippen LogP contribution in [0.4, 0.5) is 0 Å². The van der Waals surface area contributed by atoms with Gasteiger partial charge in [-0.05, 0) is 19.8 Å². The zero-order valence-electron chi connectivity index (χ0n) is 10.8. The molecule has 1 amide bonds. The van der Waals surface area contributed by atoms with Gasteiger partial charge in [-0.15, -0.1) is 0 Å². The zero-order valence-corrected chi connectivity index (χ0v) is 11.6. The van der Waals surface area contributed by atoms with Crippen molar-refractivity contribution < 1.29 is 4.79 Å². The second-order valence-corrected chi connectivity index (χ2v) is 5.08. The quantitative estimate of drug-likeness (QED) is 0.894. The molecule has 1 unspecified atom stereocenters. The van der Waals surface area contributed by atoms with Gasteiger partial charge in [-0.1, -0.05) is 11.6 Å². The molecule has 1 saturated heterocycles. The summed E-state index contributed by atoms with van der Waals surface area (Å²) in [4.78, 5) is 18.2. The van der Waals surface area contributed by atoms with Gasteiger partial charge in [0.15, 0.2) is 0 Å². The average Bonchev–Trinajstić information content (AvgIpc) is 2.99. The molecule has 0 aromatic carbocycles. The fourth-order valence-electron chi connectivity index (χ4n) is 2.13. The van der Waals surface area contributed by atoms with Crippen LogP contribution in [-0.4, -0.2) is 39.5 Å². The number of rotatable bonds is 4. The number of aromatic nitrogens is 2. The predicted octanol–water partition coefficient (Wildman–Crippen LogP) is 1.17. The van der Waals surface area contributed by atoms with E-state index in [1.807, 2.05) is 23.4 Å². The number of amides is 1. The van der Waals surface area contributed by atoms with E-state index < -0.39 is 0 Å². The monoisotopic (exact) mass is 270 g/mol. The SMILES string of the molecule is CC(NCc1ncc(Cl)n1C)C(=O)N1CCCC1. The molecular weight excluding hydrogens is 252 g/mol. The van der Waals surface area contributed by atoms with Gasteiger partial charge in [-0.2, -0.15) is 0 Å². The molecule has 2 rings (SSSR count). The summed E-state index contributed by atoms with van der Waals surface area (Å²) in [6.45, 7) is 4.22. The second-order valence-electron chi connectivity index (χ2n) is 4.69. The van der Waals surface area contributed by atoms with Crippen LogP contribution >= 0.6 is 11.6 Å². The largest absolute Gasteiger partial charge is 0.341 e. The van der Waals surface area contributed by atoms with Crippen LogP contribution in [0, 0.1) is 0 Å². The number of nitrogens with one attached hydrogen (secondary N) is 1. The Bertz CT molecular complexity index is 426. The van der Waals surface area contributed by atoms with Gasteiger partial charge in [-0.3, -0.25) is 10.1 Å². The molecule has 0 aliphatic carbocycles. The van der Waals surface area contributed by atoms with Crippen LogP contribution in [0.25, 0.3) is 0 Å². The smallest absolute Gasteiger partial charge is 0.239 e. The van der Waals surface area contributed by atoms with Crippen LogP contribution in [-0.2, 0) is 18.4 Å². The Balaban J connectivity index is 1.86. The maximum atomic E-state index is 12.1. The van der Waals surface area contributed by atoms with Crippen LogP contribution in [0.2, 0.25) is 5.15 Å².